The Morgan fingerprint density at radius 2 is 1.87 bits per heavy atom. The second-order valence-corrected chi connectivity index (χ2v) is 3.11. The predicted octanol–water partition coefficient (Wildman–Crippen LogP) is 0.0554. The first-order chi connectivity index (χ1) is 7.20. The Labute approximate surface area is 90.6 Å². The summed E-state index contributed by atoms with van der Waals surface area (Å²) in [5.41, 5.74) is 0. The number of hydrogen-bond acceptors (Lipinski definition) is 3. The highest BCUT2D eigenvalue weighted by molar-refractivity contribution is 5.79. The van der Waals surface area contributed by atoms with Gasteiger partial charge in [0.05, 0.1) is 0 Å². The highest BCUT2D eigenvalue weighted by atomic mass is 16.5. The van der Waals surface area contributed by atoms with Gasteiger partial charge in [-0.3, -0.25) is 9.59 Å². The molecule has 0 aliphatic rings. The van der Waals surface area contributed by atoms with Gasteiger partial charge in [0.1, 0.15) is 6.61 Å². The van der Waals surface area contributed by atoms with Crippen molar-refractivity contribution in [1.82, 2.24) is 10.6 Å². The molecule has 15 heavy (non-hydrogen) atoms. The van der Waals surface area contributed by atoms with E-state index in [1.54, 1.807) is 0 Å². The molecular formula is C10H20N2O3. The Hall–Kier alpha value is -1.10. The maximum Gasteiger partial charge on any atom is 0.246 e. The molecule has 0 bridgehead atoms. The fraction of sp³-hybridized carbons (Fsp3) is 0.800. The summed E-state index contributed by atoms with van der Waals surface area (Å²) in [6.45, 7) is 5.47. The van der Waals surface area contributed by atoms with Crippen molar-refractivity contribution < 1.29 is 14.3 Å². The van der Waals surface area contributed by atoms with Crippen LogP contribution < -0.4 is 10.6 Å². The van der Waals surface area contributed by atoms with Crippen molar-refractivity contribution in [1.29, 1.82) is 0 Å². The van der Waals surface area contributed by atoms with E-state index in [9.17, 15) is 9.59 Å². The Morgan fingerprint density at radius 3 is 2.47 bits per heavy atom. The topological polar surface area (TPSA) is 67.4 Å². The average Bonchev–Trinajstić information content (AvgIpc) is 2.18. The van der Waals surface area contributed by atoms with Crippen LogP contribution in [0.15, 0.2) is 0 Å². The van der Waals surface area contributed by atoms with Gasteiger partial charge in [0.2, 0.25) is 11.8 Å². The lowest BCUT2D eigenvalue weighted by Gasteiger charge is -2.05. The first-order valence-electron chi connectivity index (χ1n) is 5.31. The monoisotopic (exact) mass is 216 g/mol. The quantitative estimate of drug-likeness (QED) is 0.564. The normalized spacial score (nSPS) is 9.73. The highest BCUT2D eigenvalue weighted by Gasteiger charge is 2.02. The molecule has 88 valence electrons. The van der Waals surface area contributed by atoms with E-state index in [4.69, 9.17) is 4.74 Å². The van der Waals surface area contributed by atoms with Crippen molar-refractivity contribution in [3.63, 3.8) is 0 Å². The van der Waals surface area contributed by atoms with Gasteiger partial charge in [-0.25, -0.2) is 0 Å². The molecule has 0 aliphatic heterocycles. The molecular weight excluding hydrogens is 196 g/mol. The SMILES string of the molecule is CCCOCC(=O)NCCC(=O)NCC. The summed E-state index contributed by atoms with van der Waals surface area (Å²) in [4.78, 5) is 22.1. The second kappa shape index (κ2) is 9.45. The summed E-state index contributed by atoms with van der Waals surface area (Å²) in [6, 6.07) is 0. The first-order valence-corrected chi connectivity index (χ1v) is 5.31. The van der Waals surface area contributed by atoms with Crippen molar-refractivity contribution in [3.8, 4) is 0 Å². The lowest BCUT2D eigenvalue weighted by Crippen LogP contribution is -2.32. The van der Waals surface area contributed by atoms with Gasteiger partial charge in [0, 0.05) is 26.1 Å². The van der Waals surface area contributed by atoms with E-state index >= 15 is 0 Å². The summed E-state index contributed by atoms with van der Waals surface area (Å²) in [5, 5.41) is 5.26. The largest absolute Gasteiger partial charge is 0.372 e. The smallest absolute Gasteiger partial charge is 0.246 e. The molecule has 0 saturated heterocycles. The highest BCUT2D eigenvalue weighted by Crippen LogP contribution is 1.81. The van der Waals surface area contributed by atoms with Gasteiger partial charge in [0.15, 0.2) is 0 Å². The van der Waals surface area contributed by atoms with E-state index in [1.165, 1.54) is 0 Å². The Morgan fingerprint density at radius 1 is 1.13 bits per heavy atom. The molecule has 0 radical (unpaired) electrons. The van der Waals surface area contributed by atoms with E-state index in [-0.39, 0.29) is 18.4 Å². The van der Waals surface area contributed by atoms with Gasteiger partial charge in [-0.15, -0.1) is 0 Å². The number of carbonyl (C=O) groups excluding carboxylic acids is 2. The molecule has 0 fully saturated rings. The second-order valence-electron chi connectivity index (χ2n) is 3.11. The van der Waals surface area contributed by atoms with Gasteiger partial charge in [0.25, 0.3) is 0 Å². The fourth-order valence-electron chi connectivity index (χ4n) is 0.961. The van der Waals surface area contributed by atoms with Crippen LogP contribution in [0, 0.1) is 0 Å². The number of rotatable bonds is 8. The molecule has 0 atom stereocenters. The van der Waals surface area contributed by atoms with E-state index in [1.807, 2.05) is 13.8 Å². The summed E-state index contributed by atoms with van der Waals surface area (Å²) < 4.78 is 5.04. The van der Waals surface area contributed by atoms with Crippen LogP contribution in [-0.4, -0.2) is 38.1 Å². The molecule has 0 unspecified atom stereocenters. The van der Waals surface area contributed by atoms with Crippen LogP contribution >= 0.6 is 0 Å². The minimum Gasteiger partial charge on any atom is -0.372 e. The fourth-order valence-corrected chi connectivity index (χ4v) is 0.961. The zero-order chi connectivity index (χ0) is 11.5. The third-order valence-electron chi connectivity index (χ3n) is 1.63. The molecule has 0 rings (SSSR count). The molecule has 0 saturated carbocycles. The molecule has 0 aliphatic carbocycles. The Balaban J connectivity index is 3.34. The molecule has 0 heterocycles. The zero-order valence-corrected chi connectivity index (χ0v) is 9.47. The minimum absolute atomic E-state index is 0.0488. The van der Waals surface area contributed by atoms with Gasteiger partial charge in [-0.2, -0.15) is 0 Å². The first kappa shape index (κ1) is 13.9. The van der Waals surface area contributed by atoms with E-state index in [0.717, 1.165) is 6.42 Å². The Kier molecular flexibility index (Phi) is 8.76. The van der Waals surface area contributed by atoms with Crippen molar-refractivity contribution in [2.24, 2.45) is 0 Å². The van der Waals surface area contributed by atoms with Gasteiger partial charge in [-0.1, -0.05) is 6.92 Å². The number of hydrogen-bond donors (Lipinski definition) is 2. The third kappa shape index (κ3) is 9.21. The summed E-state index contributed by atoms with van der Waals surface area (Å²) >= 11 is 0. The predicted molar refractivity (Wildman–Crippen MR) is 57.4 cm³/mol. The van der Waals surface area contributed by atoms with Crippen molar-refractivity contribution >= 4 is 11.8 Å². The van der Waals surface area contributed by atoms with Gasteiger partial charge in [-0.05, 0) is 13.3 Å². The van der Waals surface area contributed by atoms with Crippen molar-refractivity contribution in [2.75, 3.05) is 26.3 Å². The standard InChI is InChI=1S/C10H20N2O3/c1-3-7-15-8-10(14)12-6-5-9(13)11-4-2/h3-8H2,1-2H3,(H,11,13)(H,12,14). The zero-order valence-electron chi connectivity index (χ0n) is 9.47. The van der Waals surface area contributed by atoms with Crippen molar-refractivity contribution in [3.05, 3.63) is 0 Å². The molecule has 0 aromatic carbocycles. The number of amides is 2. The third-order valence-corrected chi connectivity index (χ3v) is 1.63. The molecule has 2 N–H and O–H groups in total. The summed E-state index contributed by atoms with van der Waals surface area (Å²) in [6.07, 6.45) is 1.21. The Bertz CT molecular complexity index is 195. The lowest BCUT2D eigenvalue weighted by molar-refractivity contribution is -0.126. The van der Waals surface area contributed by atoms with Crippen LogP contribution in [0.2, 0.25) is 0 Å². The summed E-state index contributed by atoms with van der Waals surface area (Å²) in [7, 11) is 0. The maximum atomic E-state index is 11.1. The van der Waals surface area contributed by atoms with Crippen LogP contribution in [0.3, 0.4) is 0 Å². The molecule has 0 spiro atoms. The summed E-state index contributed by atoms with van der Waals surface area (Å²) in [5.74, 6) is -0.222. The van der Waals surface area contributed by atoms with Crippen molar-refractivity contribution in [2.45, 2.75) is 26.7 Å². The van der Waals surface area contributed by atoms with Gasteiger partial charge >= 0.3 is 0 Å². The lowest BCUT2D eigenvalue weighted by atomic mass is 10.4. The molecule has 0 aromatic heterocycles. The minimum atomic E-state index is -0.173. The van der Waals surface area contributed by atoms with Crippen LogP contribution in [0.1, 0.15) is 26.7 Å². The molecule has 2 amide bonds. The number of ether oxygens (including phenoxy) is 1. The molecule has 0 aromatic rings. The number of nitrogens with one attached hydrogen (secondary N) is 2. The van der Waals surface area contributed by atoms with Crippen LogP contribution in [0.5, 0.6) is 0 Å². The number of carbonyl (C=O) groups is 2. The van der Waals surface area contributed by atoms with E-state index in [2.05, 4.69) is 10.6 Å². The molecule has 5 nitrogen and oxygen atoms in total. The van der Waals surface area contributed by atoms with Crippen LogP contribution in [0.25, 0.3) is 0 Å². The maximum absolute atomic E-state index is 11.1. The average molecular weight is 216 g/mol. The van der Waals surface area contributed by atoms with Crippen LogP contribution in [-0.2, 0) is 14.3 Å². The van der Waals surface area contributed by atoms with E-state index < -0.39 is 0 Å². The van der Waals surface area contributed by atoms with E-state index in [0.29, 0.717) is 26.1 Å². The van der Waals surface area contributed by atoms with Gasteiger partial charge < -0.3 is 15.4 Å². The van der Waals surface area contributed by atoms with Crippen LogP contribution in [0.4, 0.5) is 0 Å². The molecule has 5 heteroatoms.